The van der Waals surface area contributed by atoms with Crippen LogP contribution in [0.5, 0.6) is 0 Å². The highest BCUT2D eigenvalue weighted by Crippen LogP contribution is 2.56. The predicted octanol–water partition coefficient (Wildman–Crippen LogP) is 21.7. The number of pyridine rings is 4. The topological polar surface area (TPSA) is 15.5 Å². The summed E-state index contributed by atoms with van der Waals surface area (Å²) in [7, 11) is 8.19. The standard InChI is InChI=1S/2C25H28N.2C22H21FN/c1-16(2)18-10-9-11-19-21-15-20(23-12-7-8-13-26(23)6)17(3)14-22(21)25(4,5)24(18)19;1-16(2)18-10-11-19-21-15-20(24-9-7-8-12-26(24)6)17(3)13-22(21)25(4,5)23(19)14-18;1-14-12-18-16(13-15(14)20-10-5-6-11-24(20)4)21-17(22(18,2)3)8-7-9-19(21)23;1-14-11-20-18(13-16(14)21-7-5-6-10-24(21)4)17-12-15(23)8-9-19(17)22(20,2)3/h2*7-16H,1-6H3;2*5-13H,1-4H3/q4*+1/i2*1D3,16D;;. The second-order valence-electron chi connectivity index (χ2n) is 30.2. The fourth-order valence-corrected chi connectivity index (χ4v) is 16.6. The quantitative estimate of drug-likeness (QED) is 0.148. The Kier molecular flexibility index (Phi) is 15.2. The van der Waals surface area contributed by atoms with Crippen LogP contribution in [-0.4, -0.2) is 0 Å². The molecule has 0 aliphatic heterocycles. The Morgan fingerprint density at radius 3 is 1.19 bits per heavy atom. The zero-order chi connectivity index (χ0) is 78.2. The van der Waals surface area contributed by atoms with Gasteiger partial charge in [0.05, 0.1) is 0 Å². The van der Waals surface area contributed by atoms with E-state index in [9.17, 15) is 8.78 Å². The lowest BCUT2D eigenvalue weighted by molar-refractivity contribution is -0.660. The third-order valence-corrected chi connectivity index (χ3v) is 22.2. The molecule has 0 saturated carbocycles. The zero-order valence-corrected chi connectivity index (χ0v) is 61.3. The monoisotopic (exact) mass is 1330 g/mol. The Bertz CT molecular complexity index is 5640. The van der Waals surface area contributed by atoms with Gasteiger partial charge >= 0.3 is 0 Å². The van der Waals surface area contributed by atoms with Crippen molar-refractivity contribution in [1.82, 2.24) is 0 Å². The van der Waals surface area contributed by atoms with E-state index in [0.717, 1.165) is 83.8 Å². The van der Waals surface area contributed by atoms with Crippen LogP contribution in [0.15, 0.2) is 219 Å². The lowest BCUT2D eigenvalue weighted by atomic mass is 9.77. The Hall–Kier alpha value is -9.78. The smallest absolute Gasteiger partial charge is 0.207 e. The van der Waals surface area contributed by atoms with Crippen molar-refractivity contribution in [3.05, 3.63) is 308 Å². The van der Waals surface area contributed by atoms with E-state index in [1.807, 2.05) is 105 Å². The van der Waals surface area contributed by atoms with Crippen molar-refractivity contribution in [3.8, 4) is 89.5 Å². The average molecular weight is 1330 g/mol. The Morgan fingerprint density at radius 1 is 0.330 bits per heavy atom. The first-order valence-corrected chi connectivity index (χ1v) is 34.8. The maximum atomic E-state index is 14.6. The second-order valence-corrected chi connectivity index (χ2v) is 30.2. The van der Waals surface area contributed by atoms with Gasteiger partial charge in [-0.15, -0.1) is 0 Å². The maximum Gasteiger partial charge on any atom is 0.212 e. The van der Waals surface area contributed by atoms with Crippen molar-refractivity contribution < 1.29 is 38.0 Å². The summed E-state index contributed by atoms with van der Waals surface area (Å²) in [6.07, 6.45) is 8.19. The SMILES string of the molecule is Cc1cc2c(cc1-c1cccc[n+]1C)-c1c(F)cccc1C2(C)C.Cc1cc2c(cc1-c1cccc[n+]1C)-c1cc(F)ccc1C2(C)C.[2H]C([2H])([2H])C([2H])(C)c1ccc2c(c1)C(C)(C)c1cc(C)c(-c3cccc[n+]3C)cc1-2.[2H]C([2H])([2H])C([2H])(C)c1cccc2c1C(C)(C)c1cc(C)c(-c3cccc[n+]3C)cc1-2. The molecular weight excluding hydrogens is 1220 g/mol. The number of rotatable bonds is 6. The molecule has 0 N–H and O–H groups in total. The van der Waals surface area contributed by atoms with Gasteiger partial charge < -0.3 is 0 Å². The zero-order valence-electron chi connectivity index (χ0n) is 69.3. The fraction of sp³-hybridized carbons (Fsp3) is 0.277. The molecule has 4 aromatic heterocycles. The second kappa shape index (κ2) is 25.7. The summed E-state index contributed by atoms with van der Waals surface area (Å²) in [6, 6.07) is 64.7. The van der Waals surface area contributed by atoms with Gasteiger partial charge in [-0.2, -0.15) is 0 Å². The number of hydrogen-bond acceptors (Lipinski definition) is 0. The van der Waals surface area contributed by atoms with Gasteiger partial charge in [0.15, 0.2) is 24.8 Å². The van der Waals surface area contributed by atoms with Crippen molar-refractivity contribution in [2.24, 2.45) is 28.2 Å². The number of aryl methyl sites for hydroxylation is 8. The molecule has 4 aliphatic rings. The first-order valence-electron chi connectivity index (χ1n) is 38.8. The van der Waals surface area contributed by atoms with Crippen LogP contribution in [-0.2, 0) is 49.9 Å². The minimum Gasteiger partial charge on any atom is -0.207 e. The summed E-state index contributed by atoms with van der Waals surface area (Å²) in [6.45, 7) is 24.2. The minimum absolute atomic E-state index is 0.0967. The first-order chi connectivity index (χ1) is 50.5. The number of hydrogen-bond donors (Lipinski definition) is 0. The molecule has 4 nitrogen and oxygen atoms in total. The van der Waals surface area contributed by atoms with E-state index in [2.05, 4.69) is 225 Å². The van der Waals surface area contributed by atoms with Crippen LogP contribution >= 0.6 is 0 Å². The maximum absolute atomic E-state index is 14.6. The van der Waals surface area contributed by atoms with Gasteiger partial charge in [0.25, 0.3) is 0 Å². The highest BCUT2D eigenvalue weighted by Gasteiger charge is 2.42. The van der Waals surface area contributed by atoms with E-state index >= 15 is 0 Å². The molecule has 2 atom stereocenters. The van der Waals surface area contributed by atoms with Crippen molar-refractivity contribution in [3.63, 3.8) is 0 Å². The van der Waals surface area contributed by atoms with Gasteiger partial charge in [0, 0.05) is 109 Å². The summed E-state index contributed by atoms with van der Waals surface area (Å²) in [4.78, 5) is 0. The van der Waals surface area contributed by atoms with Gasteiger partial charge in [-0.1, -0.05) is 162 Å². The van der Waals surface area contributed by atoms with E-state index in [-0.39, 0.29) is 33.3 Å². The van der Waals surface area contributed by atoms with E-state index in [1.165, 1.54) is 86.3 Å². The minimum atomic E-state index is -2.41. The van der Waals surface area contributed by atoms with Gasteiger partial charge in [0.2, 0.25) is 22.8 Å². The number of fused-ring (bicyclic) bond motifs is 12. The van der Waals surface area contributed by atoms with Crippen LogP contribution in [0.2, 0.25) is 0 Å². The molecule has 6 heteroatoms. The van der Waals surface area contributed by atoms with Gasteiger partial charge in [-0.05, 0) is 223 Å². The third-order valence-electron chi connectivity index (χ3n) is 22.2. The lowest BCUT2D eigenvalue weighted by Gasteiger charge is -2.26. The highest BCUT2D eigenvalue weighted by atomic mass is 19.1. The molecule has 12 aromatic rings. The van der Waals surface area contributed by atoms with E-state index in [4.69, 9.17) is 11.0 Å². The van der Waals surface area contributed by atoms with Crippen molar-refractivity contribution >= 4 is 0 Å². The molecule has 2 unspecified atom stereocenters. The largest absolute Gasteiger partial charge is 0.212 e. The normalized spacial score (nSPS) is 17.0. The molecule has 504 valence electrons. The molecule has 0 radical (unpaired) electrons. The van der Waals surface area contributed by atoms with Crippen molar-refractivity contribution in [2.75, 3.05) is 0 Å². The summed E-state index contributed by atoms with van der Waals surface area (Å²) in [5.41, 5.74) is 32.1. The average Bonchev–Trinajstić information content (AvgIpc) is 1.58. The van der Waals surface area contributed by atoms with Crippen LogP contribution in [0.4, 0.5) is 8.78 Å². The highest BCUT2D eigenvalue weighted by molar-refractivity contribution is 5.89. The van der Waals surface area contributed by atoms with Crippen molar-refractivity contribution in [1.29, 1.82) is 0 Å². The lowest BCUT2D eigenvalue weighted by Crippen LogP contribution is -2.30. The number of nitrogens with zero attached hydrogens (tertiary/aromatic N) is 4. The molecule has 4 aliphatic carbocycles. The fourth-order valence-electron chi connectivity index (χ4n) is 16.6. The molecular formula is C94H98F2N4+4. The molecule has 0 spiro atoms. The van der Waals surface area contributed by atoms with Gasteiger partial charge in [-0.3, -0.25) is 0 Å². The summed E-state index contributed by atoms with van der Waals surface area (Å²) < 4.78 is 102. The van der Waals surface area contributed by atoms with E-state index in [0.29, 0.717) is 11.1 Å². The van der Waals surface area contributed by atoms with E-state index in [1.54, 1.807) is 18.2 Å². The molecule has 0 bridgehead atoms. The van der Waals surface area contributed by atoms with Crippen molar-refractivity contribution in [2.45, 2.75) is 144 Å². The van der Waals surface area contributed by atoms with Crippen LogP contribution in [0, 0.1) is 39.3 Å². The van der Waals surface area contributed by atoms with Crippen LogP contribution in [0.1, 0.15) is 184 Å². The number of benzene rings is 8. The first kappa shape index (κ1) is 59.1. The summed E-state index contributed by atoms with van der Waals surface area (Å²) in [5, 5.41) is 0. The van der Waals surface area contributed by atoms with Crippen LogP contribution < -0.4 is 18.3 Å². The van der Waals surface area contributed by atoms with Gasteiger partial charge in [-0.25, -0.2) is 27.0 Å². The molecule has 4 heterocycles. The summed E-state index contributed by atoms with van der Waals surface area (Å²) in [5.74, 6) is -3.64. The number of aromatic nitrogens is 4. The Balaban J connectivity index is 0.000000128. The molecule has 0 saturated heterocycles. The number of halogens is 2. The Morgan fingerprint density at radius 2 is 0.720 bits per heavy atom. The molecule has 100 heavy (non-hydrogen) atoms. The molecule has 16 rings (SSSR count). The van der Waals surface area contributed by atoms with Crippen LogP contribution in [0.3, 0.4) is 0 Å². The van der Waals surface area contributed by atoms with Crippen LogP contribution in [0.25, 0.3) is 89.5 Å². The third kappa shape index (κ3) is 11.6. The predicted molar refractivity (Wildman–Crippen MR) is 410 cm³/mol. The molecule has 8 aromatic carbocycles. The molecule has 0 amide bonds. The van der Waals surface area contributed by atoms with E-state index < -0.39 is 25.5 Å². The summed E-state index contributed by atoms with van der Waals surface area (Å²) >= 11 is 0. The van der Waals surface area contributed by atoms with Gasteiger partial charge in [0.1, 0.15) is 39.8 Å². The Labute approximate surface area is 605 Å². The molecule has 0 fully saturated rings.